The van der Waals surface area contributed by atoms with Gasteiger partial charge in [-0.15, -0.1) is 0 Å². The number of pyridine rings is 1. The molecule has 2 nitrogen and oxygen atoms in total. The summed E-state index contributed by atoms with van der Waals surface area (Å²) >= 11 is 3.62. The highest BCUT2D eigenvalue weighted by Crippen LogP contribution is 2.39. The number of hydrogen-bond acceptors (Lipinski definition) is 2. The quantitative estimate of drug-likeness (QED) is 0.239. The lowest BCUT2D eigenvalue weighted by Crippen LogP contribution is -1.88. The van der Waals surface area contributed by atoms with E-state index in [0.29, 0.717) is 0 Å². The topological polar surface area (TPSA) is 26.0 Å². The molecule has 0 saturated carbocycles. The zero-order valence-corrected chi connectivity index (χ0v) is 18.7. The van der Waals surface area contributed by atoms with Crippen molar-refractivity contribution in [1.82, 2.24) is 4.98 Å². The maximum absolute atomic E-state index is 6.21. The molecule has 6 rings (SSSR count). The third-order valence-electron chi connectivity index (χ3n) is 5.78. The summed E-state index contributed by atoms with van der Waals surface area (Å²) in [5, 5.41) is 2.19. The van der Waals surface area contributed by atoms with Crippen LogP contribution in [0.4, 0.5) is 0 Å². The third-order valence-corrected chi connectivity index (χ3v) is 6.19. The normalized spacial score (nSPS) is 11.3. The van der Waals surface area contributed by atoms with Crippen LogP contribution in [0.5, 0.6) is 0 Å². The van der Waals surface area contributed by atoms with E-state index in [0.717, 1.165) is 48.9 Å². The second kappa shape index (κ2) is 7.77. The fraction of sp³-hybridized carbons (Fsp3) is 0. The van der Waals surface area contributed by atoms with Crippen LogP contribution in [-0.2, 0) is 0 Å². The molecule has 152 valence electrons. The van der Waals surface area contributed by atoms with Crippen LogP contribution in [0.3, 0.4) is 0 Å². The minimum atomic E-state index is 0.809. The minimum absolute atomic E-state index is 0.809. The standard InChI is InChI=1S/C29H18BrNO/c30-28-18-22(20-10-5-2-6-11-20)17-25(31-28)23-12-7-13-27-29(23)24-16-21(14-15-26(24)32-27)19-8-3-1-4-9-19/h1-18H. The molecule has 2 aromatic heterocycles. The summed E-state index contributed by atoms with van der Waals surface area (Å²) in [5.74, 6) is 0. The first kappa shape index (κ1) is 19.0. The lowest BCUT2D eigenvalue weighted by molar-refractivity contribution is 0.669. The molecule has 0 bridgehead atoms. The maximum atomic E-state index is 6.21. The summed E-state index contributed by atoms with van der Waals surface area (Å²) in [5.41, 5.74) is 8.36. The van der Waals surface area contributed by atoms with Gasteiger partial charge in [-0.1, -0.05) is 78.9 Å². The molecule has 0 aliphatic carbocycles. The van der Waals surface area contributed by atoms with E-state index in [1.807, 2.05) is 24.3 Å². The van der Waals surface area contributed by atoms with E-state index in [1.165, 1.54) is 11.1 Å². The molecule has 4 aromatic carbocycles. The predicted molar refractivity (Wildman–Crippen MR) is 136 cm³/mol. The molecule has 0 saturated heterocycles. The maximum Gasteiger partial charge on any atom is 0.136 e. The molecule has 0 fully saturated rings. The zero-order chi connectivity index (χ0) is 21.5. The van der Waals surface area contributed by atoms with Crippen molar-refractivity contribution in [3.8, 4) is 33.5 Å². The van der Waals surface area contributed by atoms with Gasteiger partial charge < -0.3 is 4.42 Å². The highest BCUT2D eigenvalue weighted by atomic mass is 79.9. The fourth-order valence-corrected chi connectivity index (χ4v) is 4.72. The largest absolute Gasteiger partial charge is 0.456 e. The number of aromatic nitrogens is 1. The Hall–Kier alpha value is -3.69. The Morgan fingerprint density at radius 1 is 0.562 bits per heavy atom. The van der Waals surface area contributed by atoms with Crippen LogP contribution in [0.25, 0.3) is 55.4 Å². The van der Waals surface area contributed by atoms with Gasteiger partial charge in [-0.3, -0.25) is 0 Å². The molecule has 3 heteroatoms. The van der Waals surface area contributed by atoms with Gasteiger partial charge in [0.25, 0.3) is 0 Å². The number of furan rings is 1. The van der Waals surface area contributed by atoms with E-state index < -0.39 is 0 Å². The van der Waals surface area contributed by atoms with E-state index >= 15 is 0 Å². The van der Waals surface area contributed by atoms with Gasteiger partial charge in [-0.05, 0) is 68.5 Å². The number of hydrogen-bond donors (Lipinski definition) is 0. The summed E-state index contributed by atoms with van der Waals surface area (Å²) in [7, 11) is 0. The lowest BCUT2D eigenvalue weighted by atomic mass is 9.98. The van der Waals surface area contributed by atoms with Gasteiger partial charge in [0.05, 0.1) is 5.69 Å². The summed E-state index contributed by atoms with van der Waals surface area (Å²) in [6.45, 7) is 0. The first-order valence-corrected chi connectivity index (χ1v) is 11.3. The van der Waals surface area contributed by atoms with E-state index in [1.54, 1.807) is 0 Å². The van der Waals surface area contributed by atoms with Gasteiger partial charge in [-0.2, -0.15) is 0 Å². The summed E-state index contributed by atoms with van der Waals surface area (Å²) < 4.78 is 7.02. The van der Waals surface area contributed by atoms with Gasteiger partial charge in [0.15, 0.2) is 0 Å². The second-order valence-electron chi connectivity index (χ2n) is 7.79. The minimum Gasteiger partial charge on any atom is -0.456 e. The lowest BCUT2D eigenvalue weighted by Gasteiger charge is -2.08. The Balaban J connectivity index is 1.59. The highest BCUT2D eigenvalue weighted by molar-refractivity contribution is 9.10. The van der Waals surface area contributed by atoms with E-state index in [-0.39, 0.29) is 0 Å². The third kappa shape index (κ3) is 3.31. The molecule has 0 radical (unpaired) electrons. The number of rotatable bonds is 3. The molecule has 0 aliphatic rings. The van der Waals surface area contributed by atoms with Crippen LogP contribution in [0.1, 0.15) is 0 Å². The van der Waals surface area contributed by atoms with Crippen LogP contribution in [-0.4, -0.2) is 4.98 Å². The van der Waals surface area contributed by atoms with Gasteiger partial charge in [0, 0.05) is 16.3 Å². The van der Waals surface area contributed by atoms with Crippen molar-refractivity contribution in [2.75, 3.05) is 0 Å². The monoisotopic (exact) mass is 475 g/mol. The molecule has 0 atom stereocenters. The van der Waals surface area contributed by atoms with Gasteiger partial charge >= 0.3 is 0 Å². The van der Waals surface area contributed by atoms with Crippen molar-refractivity contribution in [3.63, 3.8) is 0 Å². The molecule has 0 spiro atoms. The van der Waals surface area contributed by atoms with Crippen LogP contribution < -0.4 is 0 Å². The molecular weight excluding hydrogens is 458 g/mol. The Labute approximate surface area is 194 Å². The highest BCUT2D eigenvalue weighted by Gasteiger charge is 2.15. The molecule has 0 unspecified atom stereocenters. The van der Waals surface area contributed by atoms with E-state index in [4.69, 9.17) is 9.40 Å². The number of fused-ring (bicyclic) bond motifs is 3. The van der Waals surface area contributed by atoms with Crippen LogP contribution in [0.2, 0.25) is 0 Å². The van der Waals surface area contributed by atoms with E-state index in [2.05, 4.69) is 101 Å². The van der Waals surface area contributed by atoms with Crippen molar-refractivity contribution >= 4 is 37.9 Å². The predicted octanol–water partition coefficient (Wildman–Crippen LogP) is 8.74. The van der Waals surface area contributed by atoms with Crippen LogP contribution >= 0.6 is 15.9 Å². The molecule has 0 aliphatic heterocycles. The Morgan fingerprint density at radius 3 is 2.03 bits per heavy atom. The van der Waals surface area contributed by atoms with Gasteiger partial charge in [0.2, 0.25) is 0 Å². The second-order valence-corrected chi connectivity index (χ2v) is 8.60. The van der Waals surface area contributed by atoms with Gasteiger partial charge in [-0.25, -0.2) is 4.98 Å². The van der Waals surface area contributed by atoms with Crippen molar-refractivity contribution in [2.24, 2.45) is 0 Å². The van der Waals surface area contributed by atoms with Crippen molar-refractivity contribution < 1.29 is 4.42 Å². The summed E-state index contributed by atoms with van der Waals surface area (Å²) in [6.07, 6.45) is 0. The molecule has 0 N–H and O–H groups in total. The summed E-state index contributed by atoms with van der Waals surface area (Å²) in [6, 6.07) is 37.6. The van der Waals surface area contributed by atoms with Crippen molar-refractivity contribution in [2.45, 2.75) is 0 Å². The Bertz CT molecular complexity index is 1570. The smallest absolute Gasteiger partial charge is 0.136 e. The zero-order valence-electron chi connectivity index (χ0n) is 17.1. The van der Waals surface area contributed by atoms with Crippen LogP contribution in [0, 0.1) is 0 Å². The van der Waals surface area contributed by atoms with Crippen molar-refractivity contribution in [3.05, 3.63) is 114 Å². The first-order valence-electron chi connectivity index (χ1n) is 10.5. The molecule has 2 heterocycles. The average Bonchev–Trinajstić information content (AvgIpc) is 3.23. The Morgan fingerprint density at radius 2 is 1.28 bits per heavy atom. The Kier molecular flexibility index (Phi) is 4.62. The van der Waals surface area contributed by atoms with E-state index in [9.17, 15) is 0 Å². The average molecular weight is 476 g/mol. The fourth-order valence-electron chi connectivity index (χ4n) is 4.28. The number of halogens is 1. The van der Waals surface area contributed by atoms with Crippen molar-refractivity contribution in [1.29, 1.82) is 0 Å². The number of nitrogens with zero attached hydrogens (tertiary/aromatic N) is 1. The SMILES string of the molecule is Brc1cc(-c2ccccc2)cc(-c2cccc3oc4ccc(-c5ccccc5)cc4c23)n1. The molecule has 6 aromatic rings. The van der Waals surface area contributed by atoms with Crippen LogP contribution in [0.15, 0.2) is 118 Å². The molecule has 0 amide bonds. The summed E-state index contributed by atoms with van der Waals surface area (Å²) in [4.78, 5) is 4.82. The van der Waals surface area contributed by atoms with Gasteiger partial charge in [0.1, 0.15) is 15.8 Å². The number of benzene rings is 4. The molecular formula is C29H18BrNO. The first-order chi connectivity index (χ1) is 15.8. The molecule has 32 heavy (non-hydrogen) atoms.